The van der Waals surface area contributed by atoms with Crippen LogP contribution in [-0.2, 0) is 14.6 Å². The summed E-state index contributed by atoms with van der Waals surface area (Å²) in [4.78, 5) is 22.9. The quantitative estimate of drug-likeness (QED) is 0.753. The zero-order valence-corrected chi connectivity index (χ0v) is 12.2. The number of amides is 1. The summed E-state index contributed by atoms with van der Waals surface area (Å²) < 4.78 is 23.9. The summed E-state index contributed by atoms with van der Waals surface area (Å²) in [6.45, 7) is 1.46. The highest BCUT2D eigenvalue weighted by atomic mass is 32.2. The van der Waals surface area contributed by atoms with Gasteiger partial charge in [0.2, 0.25) is 0 Å². The number of benzene rings is 1. The van der Waals surface area contributed by atoms with Crippen molar-refractivity contribution >= 4 is 21.7 Å². The first-order valence-corrected chi connectivity index (χ1v) is 7.77. The van der Waals surface area contributed by atoms with E-state index in [-0.39, 0.29) is 22.6 Å². The van der Waals surface area contributed by atoms with Crippen LogP contribution in [0.2, 0.25) is 0 Å². The minimum atomic E-state index is -3.59. The van der Waals surface area contributed by atoms with Crippen molar-refractivity contribution in [2.24, 2.45) is 0 Å². The Kier molecular flexibility index (Phi) is 5.50. The van der Waals surface area contributed by atoms with Crippen molar-refractivity contribution in [1.82, 2.24) is 5.32 Å². The molecule has 21 heavy (non-hydrogen) atoms. The molecule has 1 rings (SSSR count). The molecule has 0 bridgehead atoms. The highest BCUT2D eigenvalue weighted by Gasteiger charge is 2.24. The molecule has 1 aromatic rings. The van der Waals surface area contributed by atoms with Crippen LogP contribution in [-0.4, -0.2) is 37.2 Å². The van der Waals surface area contributed by atoms with E-state index in [1.54, 1.807) is 0 Å². The number of carboxylic acids is 1. The number of carbonyl (C=O) groups is 2. The Morgan fingerprint density at radius 3 is 2.52 bits per heavy atom. The van der Waals surface area contributed by atoms with Crippen LogP contribution in [0.3, 0.4) is 0 Å². The maximum Gasteiger partial charge on any atom is 0.327 e. The van der Waals surface area contributed by atoms with E-state index < -0.39 is 27.8 Å². The van der Waals surface area contributed by atoms with E-state index in [9.17, 15) is 18.0 Å². The highest BCUT2D eigenvalue weighted by Crippen LogP contribution is 2.17. The predicted octanol–water partition coefficient (Wildman–Crippen LogP) is 0.686. The molecule has 0 spiro atoms. The van der Waals surface area contributed by atoms with E-state index >= 15 is 0 Å². The second-order valence-electron chi connectivity index (χ2n) is 4.17. The van der Waals surface area contributed by atoms with E-state index in [0.717, 1.165) is 0 Å². The van der Waals surface area contributed by atoms with Crippen LogP contribution >= 0.6 is 0 Å². The van der Waals surface area contributed by atoms with Crippen LogP contribution in [0.5, 0.6) is 0 Å². The molecule has 6 nitrogen and oxygen atoms in total. The normalized spacial score (nSPS) is 12.2. The molecule has 1 atom stereocenters. The van der Waals surface area contributed by atoms with Gasteiger partial charge in [0.25, 0.3) is 5.91 Å². The molecule has 0 saturated heterocycles. The van der Waals surface area contributed by atoms with Gasteiger partial charge in [-0.25, -0.2) is 13.2 Å². The summed E-state index contributed by atoms with van der Waals surface area (Å²) in [6.07, 6.45) is 4.85. The van der Waals surface area contributed by atoms with Crippen LogP contribution in [0.15, 0.2) is 29.2 Å². The maximum absolute atomic E-state index is 12.1. The van der Waals surface area contributed by atoms with E-state index in [1.165, 1.54) is 31.2 Å². The number of carboxylic acid groups (broad SMARTS) is 1. The van der Waals surface area contributed by atoms with Crippen molar-refractivity contribution < 1.29 is 23.1 Å². The molecule has 1 aromatic carbocycles. The van der Waals surface area contributed by atoms with Gasteiger partial charge in [-0.15, -0.1) is 12.3 Å². The minimum absolute atomic E-state index is 0.0948. The summed E-state index contributed by atoms with van der Waals surface area (Å²) in [5, 5.41) is 11.2. The largest absolute Gasteiger partial charge is 0.480 e. The monoisotopic (exact) mass is 309 g/mol. The highest BCUT2D eigenvalue weighted by molar-refractivity contribution is 7.91. The van der Waals surface area contributed by atoms with Gasteiger partial charge in [0, 0.05) is 6.42 Å². The van der Waals surface area contributed by atoms with Gasteiger partial charge >= 0.3 is 5.97 Å². The molecule has 0 fully saturated rings. The molecule has 1 amide bonds. The second-order valence-corrected chi connectivity index (χ2v) is 6.42. The summed E-state index contributed by atoms with van der Waals surface area (Å²) in [5.41, 5.74) is -0.0948. The number of hydrogen-bond acceptors (Lipinski definition) is 4. The van der Waals surface area contributed by atoms with E-state index in [1.807, 2.05) is 0 Å². The Bertz CT molecular complexity index is 688. The summed E-state index contributed by atoms with van der Waals surface area (Å²) in [7, 11) is -3.59. The van der Waals surface area contributed by atoms with Crippen molar-refractivity contribution in [2.45, 2.75) is 24.3 Å². The maximum atomic E-state index is 12.1. The Balaban J connectivity index is 3.15. The number of rotatable bonds is 6. The van der Waals surface area contributed by atoms with Gasteiger partial charge in [-0.2, -0.15) is 0 Å². The number of terminal acetylenes is 1. The molecule has 0 radical (unpaired) electrons. The fraction of sp³-hybridized carbons (Fsp3) is 0.286. The number of nitrogens with one attached hydrogen (secondary N) is 1. The first-order chi connectivity index (χ1) is 9.83. The van der Waals surface area contributed by atoms with E-state index in [4.69, 9.17) is 11.5 Å². The summed E-state index contributed by atoms with van der Waals surface area (Å²) in [6, 6.07) is 4.37. The lowest BCUT2D eigenvalue weighted by Crippen LogP contribution is -2.41. The Hall–Kier alpha value is -2.33. The standard InChI is InChI=1S/C14H15NO5S/c1-3-7-11(14(17)18)15-13(16)10-8-5-6-9-12(10)21(19,20)4-2/h1,5-6,8-9,11H,4,7H2,2H3,(H,15,16)(H,17,18). The first-order valence-electron chi connectivity index (χ1n) is 6.12. The Labute approximate surface area is 123 Å². The fourth-order valence-electron chi connectivity index (χ4n) is 1.63. The van der Waals surface area contributed by atoms with Gasteiger partial charge in [-0.1, -0.05) is 19.1 Å². The van der Waals surface area contributed by atoms with Crippen molar-refractivity contribution in [2.75, 3.05) is 5.75 Å². The molecular formula is C14H15NO5S. The predicted molar refractivity (Wildman–Crippen MR) is 76.5 cm³/mol. The molecule has 7 heteroatoms. The molecule has 0 aliphatic rings. The molecule has 0 aliphatic carbocycles. The van der Waals surface area contributed by atoms with Crippen molar-refractivity contribution in [1.29, 1.82) is 0 Å². The second kappa shape index (κ2) is 6.90. The Morgan fingerprint density at radius 2 is 2.00 bits per heavy atom. The lowest BCUT2D eigenvalue weighted by Gasteiger charge is -2.14. The number of carbonyl (C=O) groups excluding carboxylic acids is 1. The molecule has 0 aliphatic heterocycles. The van der Waals surface area contributed by atoms with E-state index in [2.05, 4.69) is 11.2 Å². The smallest absolute Gasteiger partial charge is 0.327 e. The average Bonchev–Trinajstić information content (AvgIpc) is 2.46. The van der Waals surface area contributed by atoms with Crippen LogP contribution in [0.25, 0.3) is 0 Å². The molecule has 0 heterocycles. The minimum Gasteiger partial charge on any atom is -0.480 e. The SMILES string of the molecule is C#CCC(NC(=O)c1ccccc1S(=O)(=O)CC)C(=O)O. The van der Waals surface area contributed by atoms with Crippen molar-refractivity contribution in [3.05, 3.63) is 29.8 Å². The lowest BCUT2D eigenvalue weighted by molar-refractivity contribution is -0.139. The third kappa shape index (κ3) is 4.07. The zero-order valence-electron chi connectivity index (χ0n) is 11.4. The zero-order chi connectivity index (χ0) is 16.0. The van der Waals surface area contributed by atoms with Crippen LogP contribution in [0.1, 0.15) is 23.7 Å². The number of sulfone groups is 1. The average molecular weight is 309 g/mol. The molecule has 2 N–H and O–H groups in total. The first kappa shape index (κ1) is 16.7. The summed E-state index contributed by atoms with van der Waals surface area (Å²) in [5.74, 6) is -0.0817. The van der Waals surface area contributed by atoms with Gasteiger partial charge in [-0.05, 0) is 12.1 Å². The van der Waals surface area contributed by atoms with Gasteiger partial charge in [-0.3, -0.25) is 4.79 Å². The topological polar surface area (TPSA) is 101 Å². The molecule has 0 saturated carbocycles. The van der Waals surface area contributed by atoms with Crippen LogP contribution in [0, 0.1) is 12.3 Å². The lowest BCUT2D eigenvalue weighted by atomic mass is 10.1. The molecule has 1 unspecified atom stereocenters. The third-order valence-electron chi connectivity index (χ3n) is 2.77. The Morgan fingerprint density at radius 1 is 1.38 bits per heavy atom. The number of hydrogen-bond donors (Lipinski definition) is 2. The van der Waals surface area contributed by atoms with Crippen LogP contribution in [0.4, 0.5) is 0 Å². The van der Waals surface area contributed by atoms with Gasteiger partial charge in [0.1, 0.15) is 6.04 Å². The van der Waals surface area contributed by atoms with Crippen molar-refractivity contribution in [3.8, 4) is 12.3 Å². The number of aliphatic carboxylic acids is 1. The molecule has 0 aromatic heterocycles. The van der Waals surface area contributed by atoms with Crippen molar-refractivity contribution in [3.63, 3.8) is 0 Å². The van der Waals surface area contributed by atoms with Gasteiger partial charge in [0.05, 0.1) is 16.2 Å². The molecule has 112 valence electrons. The van der Waals surface area contributed by atoms with Gasteiger partial charge < -0.3 is 10.4 Å². The van der Waals surface area contributed by atoms with E-state index in [0.29, 0.717) is 0 Å². The van der Waals surface area contributed by atoms with Crippen LogP contribution < -0.4 is 5.32 Å². The van der Waals surface area contributed by atoms with Gasteiger partial charge in [0.15, 0.2) is 9.84 Å². The third-order valence-corrected chi connectivity index (χ3v) is 4.56. The fourth-order valence-corrected chi connectivity index (χ4v) is 2.73. The molecular weight excluding hydrogens is 294 g/mol. The summed E-state index contributed by atoms with van der Waals surface area (Å²) >= 11 is 0.